The minimum atomic E-state index is 0. The summed E-state index contributed by atoms with van der Waals surface area (Å²) >= 11 is 0. The molecule has 2 rings (SSSR count). The maximum Gasteiger partial charge on any atom is 0.116 e. The van der Waals surface area contributed by atoms with E-state index in [1.165, 1.54) is 0 Å². The van der Waals surface area contributed by atoms with Gasteiger partial charge in [0.1, 0.15) is 6.73 Å². The Morgan fingerprint density at radius 3 is 3.08 bits per heavy atom. The second-order valence-electron chi connectivity index (χ2n) is 3.53. The first-order valence-electron chi connectivity index (χ1n) is 4.52. The first kappa shape index (κ1) is 8.80. The summed E-state index contributed by atoms with van der Waals surface area (Å²) in [5, 5.41) is 5.00. The minimum absolute atomic E-state index is 0. The summed E-state index contributed by atoms with van der Waals surface area (Å²) < 4.78 is 5.22. The number of hydrogen-bond acceptors (Lipinski definition) is 5. The maximum absolute atomic E-state index is 5.87. The zero-order chi connectivity index (χ0) is 9.26. The zero-order valence-corrected chi connectivity index (χ0v) is 7.92. The Kier molecular flexibility index (Phi) is 2.39. The molecule has 0 aliphatic carbocycles. The summed E-state index contributed by atoms with van der Waals surface area (Å²) in [6.07, 6.45) is 0. The van der Waals surface area contributed by atoms with Crippen molar-refractivity contribution in [1.29, 1.82) is 0 Å². The topological polar surface area (TPSA) is 53.8 Å². The van der Waals surface area contributed by atoms with Gasteiger partial charge in [0.25, 0.3) is 0 Å². The van der Waals surface area contributed by atoms with E-state index >= 15 is 0 Å². The second kappa shape index (κ2) is 3.53. The minimum Gasteiger partial charge on any atom is -0.363 e. The number of nitrogens with zero attached hydrogens (tertiary/aromatic N) is 2. The number of likely N-dealkylation sites (N-methyl/N-ethyl adjacent to an activating group) is 1. The third-order valence-corrected chi connectivity index (χ3v) is 2.47. The molecule has 76 valence electrons. The molecule has 13 heavy (non-hydrogen) atoms. The molecular formula is C8H18N4O. The van der Waals surface area contributed by atoms with Gasteiger partial charge in [-0.05, 0) is 7.05 Å². The number of hydrogen-bond donors (Lipinski definition) is 2. The summed E-state index contributed by atoms with van der Waals surface area (Å²) in [4.78, 5) is 2.26. The predicted octanol–water partition coefficient (Wildman–Crippen LogP) is -0.858. The van der Waals surface area contributed by atoms with E-state index in [0.29, 0.717) is 13.3 Å². The summed E-state index contributed by atoms with van der Waals surface area (Å²) in [6.45, 7) is 4.08. The molecule has 0 atom stereocenters. The van der Waals surface area contributed by atoms with Gasteiger partial charge in [-0.25, -0.2) is 5.84 Å². The average molecular weight is 186 g/mol. The van der Waals surface area contributed by atoms with E-state index in [1.54, 1.807) is 0 Å². The zero-order valence-electron chi connectivity index (χ0n) is 7.92. The molecule has 5 heteroatoms. The highest BCUT2D eigenvalue weighted by molar-refractivity contribution is 5.16. The van der Waals surface area contributed by atoms with E-state index in [-0.39, 0.29) is 1.43 Å². The maximum atomic E-state index is 5.87. The molecule has 0 aromatic heterocycles. The van der Waals surface area contributed by atoms with Gasteiger partial charge in [0.05, 0.1) is 18.0 Å². The van der Waals surface area contributed by atoms with Gasteiger partial charge in [0.2, 0.25) is 0 Å². The van der Waals surface area contributed by atoms with E-state index in [0.717, 1.165) is 31.0 Å². The van der Waals surface area contributed by atoms with Gasteiger partial charge in [0.15, 0.2) is 0 Å². The molecular weight excluding hydrogens is 168 g/mol. The smallest absolute Gasteiger partial charge is 0.116 e. The fourth-order valence-corrected chi connectivity index (χ4v) is 1.64. The summed E-state index contributed by atoms with van der Waals surface area (Å²) in [5.74, 6) is 5.87. The number of hydrazine groups is 1. The molecule has 2 heterocycles. The molecule has 3 N–H and O–H groups in total. The number of nitrogens with one attached hydrogen (secondary N) is 1. The fourth-order valence-electron chi connectivity index (χ4n) is 1.64. The highest BCUT2D eigenvalue weighted by Crippen LogP contribution is 2.13. The van der Waals surface area contributed by atoms with Crippen molar-refractivity contribution in [1.82, 2.24) is 15.2 Å². The fraction of sp³-hybridized carbons (Fsp3) is 0.750. The van der Waals surface area contributed by atoms with Gasteiger partial charge in [-0.15, -0.1) is 0 Å². The largest absolute Gasteiger partial charge is 0.363 e. The summed E-state index contributed by atoms with van der Waals surface area (Å²) in [6, 6.07) is 0. The van der Waals surface area contributed by atoms with Crippen LogP contribution in [0.25, 0.3) is 0 Å². The SMILES string of the molecule is CN1CCN(N)/C(=C2/COCN2)C1.[HH]. The molecule has 0 amide bonds. The Bertz CT molecular complexity index is 225. The Balaban J connectivity index is 0.000000980. The van der Waals surface area contributed by atoms with Crippen LogP contribution in [-0.4, -0.2) is 49.9 Å². The van der Waals surface area contributed by atoms with Crippen molar-refractivity contribution in [2.45, 2.75) is 0 Å². The standard InChI is InChI=1S/C8H16N4O.H2/c1-11-2-3-12(9)8(4-11)7-5-13-6-10-7;/h10H,2-6,9H2,1H3;1H/b8-7-;. The van der Waals surface area contributed by atoms with E-state index in [9.17, 15) is 0 Å². The summed E-state index contributed by atoms with van der Waals surface area (Å²) in [7, 11) is 2.10. The van der Waals surface area contributed by atoms with Crippen molar-refractivity contribution >= 4 is 0 Å². The van der Waals surface area contributed by atoms with Gasteiger partial charge in [-0.1, -0.05) is 0 Å². The normalized spacial score (nSPS) is 30.8. The van der Waals surface area contributed by atoms with Crippen LogP contribution < -0.4 is 11.2 Å². The highest BCUT2D eigenvalue weighted by Gasteiger charge is 2.21. The van der Waals surface area contributed by atoms with Crippen LogP contribution in [0.5, 0.6) is 0 Å². The lowest BCUT2D eigenvalue weighted by Crippen LogP contribution is -2.47. The van der Waals surface area contributed by atoms with Crippen LogP contribution in [-0.2, 0) is 4.74 Å². The lowest BCUT2D eigenvalue weighted by Gasteiger charge is -2.33. The van der Waals surface area contributed by atoms with Crippen LogP contribution in [0, 0.1) is 0 Å². The molecule has 2 fully saturated rings. The van der Waals surface area contributed by atoms with Gasteiger partial charge >= 0.3 is 0 Å². The van der Waals surface area contributed by atoms with Gasteiger partial charge < -0.3 is 15.1 Å². The van der Waals surface area contributed by atoms with Crippen LogP contribution in [0.2, 0.25) is 0 Å². The monoisotopic (exact) mass is 186 g/mol. The average Bonchev–Trinajstić information content (AvgIpc) is 2.61. The van der Waals surface area contributed by atoms with Crippen LogP contribution >= 0.6 is 0 Å². The van der Waals surface area contributed by atoms with Crippen molar-refractivity contribution in [3.63, 3.8) is 0 Å². The van der Waals surface area contributed by atoms with Crippen molar-refractivity contribution in [2.75, 3.05) is 40.0 Å². The number of rotatable bonds is 0. The van der Waals surface area contributed by atoms with Crippen molar-refractivity contribution in [2.24, 2.45) is 5.84 Å². The van der Waals surface area contributed by atoms with E-state index in [2.05, 4.69) is 17.3 Å². The number of ether oxygens (including phenoxy) is 1. The highest BCUT2D eigenvalue weighted by atomic mass is 16.5. The third kappa shape index (κ3) is 1.77. The molecule has 0 spiro atoms. The number of nitrogens with two attached hydrogens (primary N) is 1. The first-order chi connectivity index (χ1) is 6.27. The molecule has 5 nitrogen and oxygen atoms in total. The predicted molar refractivity (Wildman–Crippen MR) is 51.5 cm³/mol. The quantitative estimate of drug-likeness (QED) is 0.482. The molecule has 0 bridgehead atoms. The Labute approximate surface area is 79.6 Å². The first-order valence-corrected chi connectivity index (χ1v) is 4.52. The van der Waals surface area contributed by atoms with Crippen molar-refractivity contribution in [3.05, 3.63) is 11.4 Å². The van der Waals surface area contributed by atoms with Gasteiger partial charge in [0, 0.05) is 21.1 Å². The Morgan fingerprint density at radius 2 is 2.38 bits per heavy atom. The summed E-state index contributed by atoms with van der Waals surface area (Å²) in [5.41, 5.74) is 2.29. The molecule has 0 aromatic rings. The van der Waals surface area contributed by atoms with Gasteiger partial charge in [-0.3, -0.25) is 4.90 Å². The van der Waals surface area contributed by atoms with Crippen LogP contribution in [0.1, 0.15) is 1.43 Å². The lowest BCUT2D eigenvalue weighted by molar-refractivity contribution is 0.190. The number of piperazine rings is 1. The second-order valence-corrected chi connectivity index (χ2v) is 3.53. The van der Waals surface area contributed by atoms with Crippen LogP contribution in [0.4, 0.5) is 0 Å². The van der Waals surface area contributed by atoms with Crippen LogP contribution in [0.15, 0.2) is 11.4 Å². The Morgan fingerprint density at radius 1 is 1.54 bits per heavy atom. The lowest BCUT2D eigenvalue weighted by atomic mass is 10.2. The molecule has 2 aliphatic heterocycles. The Hall–Kier alpha value is -0.780. The molecule has 0 aromatic carbocycles. The van der Waals surface area contributed by atoms with E-state index in [1.807, 2.05) is 5.01 Å². The molecule has 0 radical (unpaired) electrons. The molecule has 0 saturated carbocycles. The van der Waals surface area contributed by atoms with Crippen molar-refractivity contribution < 1.29 is 6.16 Å². The molecule has 0 unspecified atom stereocenters. The van der Waals surface area contributed by atoms with Crippen LogP contribution in [0.3, 0.4) is 0 Å². The molecule has 2 aliphatic rings. The molecule has 2 saturated heterocycles. The van der Waals surface area contributed by atoms with E-state index in [4.69, 9.17) is 10.6 Å². The van der Waals surface area contributed by atoms with Crippen molar-refractivity contribution in [3.8, 4) is 0 Å². The van der Waals surface area contributed by atoms with Gasteiger partial charge in [-0.2, -0.15) is 0 Å². The third-order valence-electron chi connectivity index (χ3n) is 2.47. The van der Waals surface area contributed by atoms with E-state index < -0.39 is 0 Å².